The van der Waals surface area contributed by atoms with E-state index in [4.69, 9.17) is 10.5 Å². The Morgan fingerprint density at radius 2 is 1.86 bits per heavy atom. The first-order valence-electron chi connectivity index (χ1n) is 7.50. The quantitative estimate of drug-likeness (QED) is 0.930. The maximum absolute atomic E-state index is 6.21. The van der Waals surface area contributed by atoms with Gasteiger partial charge in [0.25, 0.3) is 0 Å². The van der Waals surface area contributed by atoms with Gasteiger partial charge >= 0.3 is 0 Å². The van der Waals surface area contributed by atoms with Crippen LogP contribution < -0.4 is 15.4 Å². The molecule has 0 saturated heterocycles. The number of aryl methyl sites for hydroxylation is 1. The molecule has 0 spiro atoms. The van der Waals surface area contributed by atoms with Crippen LogP contribution in [0.5, 0.6) is 5.75 Å². The van der Waals surface area contributed by atoms with Crippen molar-refractivity contribution in [3.05, 3.63) is 53.6 Å². The fourth-order valence-corrected chi connectivity index (χ4v) is 3.19. The lowest BCUT2D eigenvalue weighted by Crippen LogP contribution is -2.26. The summed E-state index contributed by atoms with van der Waals surface area (Å²) in [5.74, 6) is 0.866. The molecule has 3 nitrogen and oxygen atoms in total. The maximum atomic E-state index is 6.21. The zero-order chi connectivity index (χ0) is 14.8. The van der Waals surface area contributed by atoms with Crippen molar-refractivity contribution in [2.24, 2.45) is 5.73 Å². The van der Waals surface area contributed by atoms with E-state index in [0.717, 1.165) is 36.4 Å². The van der Waals surface area contributed by atoms with Crippen LogP contribution in [0, 0.1) is 0 Å². The normalized spacial score (nSPS) is 15.5. The summed E-state index contributed by atoms with van der Waals surface area (Å²) in [6, 6.07) is 14.7. The zero-order valence-corrected chi connectivity index (χ0v) is 12.7. The van der Waals surface area contributed by atoms with Crippen LogP contribution in [0.4, 0.5) is 11.4 Å². The summed E-state index contributed by atoms with van der Waals surface area (Å²) in [5, 5.41) is 0. The Morgan fingerprint density at radius 3 is 2.62 bits per heavy atom. The Kier molecular flexibility index (Phi) is 3.84. The molecule has 110 valence electrons. The predicted molar refractivity (Wildman–Crippen MR) is 87.4 cm³/mol. The molecule has 0 radical (unpaired) electrons. The lowest BCUT2D eigenvalue weighted by Gasteiger charge is -2.34. The monoisotopic (exact) mass is 282 g/mol. The van der Waals surface area contributed by atoms with Crippen LogP contribution in [-0.2, 0) is 6.42 Å². The highest BCUT2D eigenvalue weighted by molar-refractivity contribution is 5.72. The number of nitrogens with two attached hydrogens (primary N) is 1. The number of ether oxygens (including phenoxy) is 1. The fraction of sp³-hybridized carbons (Fsp3) is 0.333. The minimum Gasteiger partial charge on any atom is -0.496 e. The van der Waals surface area contributed by atoms with Gasteiger partial charge in [0.1, 0.15) is 5.75 Å². The number of methoxy groups -OCH3 is 1. The number of rotatable bonds is 3. The summed E-state index contributed by atoms with van der Waals surface area (Å²) >= 11 is 0. The summed E-state index contributed by atoms with van der Waals surface area (Å²) in [6.45, 7) is 3.03. The third-order valence-electron chi connectivity index (χ3n) is 4.12. The predicted octanol–water partition coefficient (Wildman–Crippen LogP) is 3.80. The second-order valence-electron chi connectivity index (χ2n) is 5.57. The second-order valence-corrected chi connectivity index (χ2v) is 5.57. The third-order valence-corrected chi connectivity index (χ3v) is 4.12. The molecule has 0 amide bonds. The van der Waals surface area contributed by atoms with E-state index in [9.17, 15) is 0 Å². The highest BCUT2D eigenvalue weighted by atomic mass is 16.5. The van der Waals surface area contributed by atoms with E-state index < -0.39 is 0 Å². The van der Waals surface area contributed by atoms with Crippen LogP contribution in [0.2, 0.25) is 0 Å². The molecular weight excluding hydrogens is 260 g/mol. The SMILES string of the molecule is COc1cccc(N2CCCc3ccccc32)c1C(C)N. The topological polar surface area (TPSA) is 38.5 Å². The highest BCUT2D eigenvalue weighted by Gasteiger charge is 2.23. The minimum atomic E-state index is -0.0646. The molecule has 1 atom stereocenters. The van der Waals surface area contributed by atoms with Gasteiger partial charge in [-0.3, -0.25) is 0 Å². The largest absolute Gasteiger partial charge is 0.496 e. The van der Waals surface area contributed by atoms with Crippen LogP contribution in [0.15, 0.2) is 42.5 Å². The van der Waals surface area contributed by atoms with Crippen molar-refractivity contribution in [2.75, 3.05) is 18.6 Å². The van der Waals surface area contributed by atoms with Crippen LogP contribution in [0.25, 0.3) is 0 Å². The third kappa shape index (κ3) is 2.49. The number of para-hydroxylation sites is 1. The summed E-state index contributed by atoms with van der Waals surface area (Å²) in [7, 11) is 1.70. The molecular formula is C18H22N2O. The Labute approximate surface area is 126 Å². The van der Waals surface area contributed by atoms with Crippen molar-refractivity contribution < 1.29 is 4.74 Å². The fourth-order valence-electron chi connectivity index (χ4n) is 3.19. The number of nitrogens with zero attached hydrogens (tertiary/aromatic N) is 1. The van der Waals surface area contributed by atoms with Crippen molar-refractivity contribution in [1.29, 1.82) is 0 Å². The minimum absolute atomic E-state index is 0.0646. The average Bonchev–Trinajstić information content (AvgIpc) is 2.53. The molecule has 0 saturated carbocycles. The van der Waals surface area contributed by atoms with Gasteiger partial charge in [0.15, 0.2) is 0 Å². The smallest absolute Gasteiger partial charge is 0.125 e. The molecule has 0 aromatic heterocycles. The first-order valence-corrected chi connectivity index (χ1v) is 7.50. The van der Waals surface area contributed by atoms with Crippen LogP contribution in [-0.4, -0.2) is 13.7 Å². The van der Waals surface area contributed by atoms with Gasteiger partial charge in [-0.25, -0.2) is 0 Å². The second kappa shape index (κ2) is 5.78. The van der Waals surface area contributed by atoms with Crippen molar-refractivity contribution in [3.8, 4) is 5.75 Å². The van der Waals surface area contributed by atoms with E-state index in [1.807, 2.05) is 19.1 Å². The van der Waals surface area contributed by atoms with Gasteiger partial charge in [-0.1, -0.05) is 24.3 Å². The number of benzene rings is 2. The molecule has 0 aliphatic carbocycles. The first-order chi connectivity index (χ1) is 10.2. The van der Waals surface area contributed by atoms with Crippen LogP contribution in [0.3, 0.4) is 0 Å². The summed E-state index contributed by atoms with van der Waals surface area (Å²) in [6.07, 6.45) is 2.30. The number of hydrogen-bond acceptors (Lipinski definition) is 3. The Hall–Kier alpha value is -2.00. The molecule has 2 aromatic rings. The first kappa shape index (κ1) is 14.0. The molecule has 3 heteroatoms. The van der Waals surface area contributed by atoms with Gasteiger partial charge in [-0.05, 0) is 43.5 Å². The summed E-state index contributed by atoms with van der Waals surface area (Å²) in [4.78, 5) is 2.38. The molecule has 1 aliphatic rings. The van der Waals surface area contributed by atoms with E-state index in [-0.39, 0.29) is 6.04 Å². The van der Waals surface area contributed by atoms with Crippen molar-refractivity contribution in [2.45, 2.75) is 25.8 Å². The molecule has 2 aromatic carbocycles. The zero-order valence-electron chi connectivity index (χ0n) is 12.7. The number of fused-ring (bicyclic) bond motifs is 1. The molecule has 2 N–H and O–H groups in total. The Morgan fingerprint density at radius 1 is 1.10 bits per heavy atom. The van der Waals surface area contributed by atoms with Gasteiger partial charge < -0.3 is 15.4 Å². The van der Waals surface area contributed by atoms with E-state index >= 15 is 0 Å². The molecule has 3 rings (SSSR count). The van der Waals surface area contributed by atoms with Gasteiger partial charge in [0.05, 0.1) is 7.11 Å². The van der Waals surface area contributed by atoms with Crippen molar-refractivity contribution >= 4 is 11.4 Å². The molecule has 1 heterocycles. The van der Waals surface area contributed by atoms with Crippen molar-refractivity contribution in [1.82, 2.24) is 0 Å². The summed E-state index contributed by atoms with van der Waals surface area (Å²) < 4.78 is 5.52. The Bertz CT molecular complexity index is 637. The lowest BCUT2D eigenvalue weighted by atomic mass is 9.98. The van der Waals surface area contributed by atoms with E-state index in [0.29, 0.717) is 0 Å². The standard InChI is InChI=1S/C18H22N2O/c1-13(19)18-16(10-5-11-17(18)21-2)20-12-6-8-14-7-3-4-9-15(14)20/h3-5,7,9-11,13H,6,8,12,19H2,1-2H3. The molecule has 1 aliphatic heterocycles. The molecule has 1 unspecified atom stereocenters. The van der Waals surface area contributed by atoms with E-state index in [1.54, 1.807) is 7.11 Å². The van der Waals surface area contributed by atoms with Gasteiger partial charge in [-0.15, -0.1) is 0 Å². The lowest BCUT2D eigenvalue weighted by molar-refractivity contribution is 0.407. The van der Waals surface area contributed by atoms with Gasteiger partial charge in [0.2, 0.25) is 0 Å². The maximum Gasteiger partial charge on any atom is 0.125 e. The highest BCUT2D eigenvalue weighted by Crippen LogP contribution is 2.40. The molecule has 0 bridgehead atoms. The van der Waals surface area contributed by atoms with E-state index in [2.05, 4.69) is 35.2 Å². The van der Waals surface area contributed by atoms with Gasteiger partial charge in [0, 0.05) is 29.5 Å². The Balaban J connectivity index is 2.14. The number of hydrogen-bond donors (Lipinski definition) is 1. The summed E-state index contributed by atoms with van der Waals surface area (Å²) in [5.41, 5.74) is 11.2. The van der Waals surface area contributed by atoms with Crippen molar-refractivity contribution in [3.63, 3.8) is 0 Å². The average molecular weight is 282 g/mol. The molecule has 21 heavy (non-hydrogen) atoms. The molecule has 0 fully saturated rings. The van der Waals surface area contributed by atoms with Gasteiger partial charge in [-0.2, -0.15) is 0 Å². The van der Waals surface area contributed by atoms with Crippen LogP contribution >= 0.6 is 0 Å². The van der Waals surface area contributed by atoms with Crippen LogP contribution in [0.1, 0.15) is 30.5 Å². The number of anilines is 2. The van der Waals surface area contributed by atoms with E-state index in [1.165, 1.54) is 11.3 Å².